The molecule has 2 heterocycles. The zero-order chi connectivity index (χ0) is 16.2. The molecule has 2 aromatic rings. The van der Waals surface area contributed by atoms with Gasteiger partial charge in [0, 0.05) is 36.6 Å². The van der Waals surface area contributed by atoms with Gasteiger partial charge in [-0.15, -0.1) is 0 Å². The number of carboxylic acid groups (broad SMARTS) is 1. The molecule has 0 aliphatic carbocycles. The number of aromatic amines is 1. The van der Waals surface area contributed by atoms with Crippen LogP contribution in [0.15, 0.2) is 30.5 Å². The van der Waals surface area contributed by atoms with E-state index in [0.29, 0.717) is 25.3 Å². The topological polar surface area (TPSA) is 73.4 Å². The van der Waals surface area contributed by atoms with Crippen molar-refractivity contribution in [3.05, 3.63) is 36.0 Å². The van der Waals surface area contributed by atoms with E-state index >= 15 is 0 Å². The number of aliphatic carboxylic acids is 1. The zero-order valence-corrected chi connectivity index (χ0v) is 13.1. The summed E-state index contributed by atoms with van der Waals surface area (Å²) in [6.07, 6.45) is 5.14. The third kappa shape index (κ3) is 3.73. The molecule has 1 aliphatic rings. The van der Waals surface area contributed by atoms with E-state index in [1.807, 2.05) is 35.4 Å². The summed E-state index contributed by atoms with van der Waals surface area (Å²) in [6.45, 7) is 1.47. The summed E-state index contributed by atoms with van der Waals surface area (Å²) in [5.41, 5.74) is 2.08. The van der Waals surface area contributed by atoms with Gasteiger partial charge in [-0.1, -0.05) is 18.2 Å². The van der Waals surface area contributed by atoms with E-state index in [4.69, 9.17) is 5.11 Å². The van der Waals surface area contributed by atoms with Gasteiger partial charge in [0.25, 0.3) is 0 Å². The van der Waals surface area contributed by atoms with Gasteiger partial charge in [-0.3, -0.25) is 9.59 Å². The van der Waals surface area contributed by atoms with Crippen LogP contribution in [0.4, 0.5) is 0 Å². The zero-order valence-electron chi connectivity index (χ0n) is 13.1. The molecule has 5 nitrogen and oxygen atoms in total. The lowest BCUT2D eigenvalue weighted by Crippen LogP contribution is -2.40. The van der Waals surface area contributed by atoms with Gasteiger partial charge in [0.1, 0.15) is 0 Å². The van der Waals surface area contributed by atoms with Crippen LogP contribution in [0.25, 0.3) is 10.9 Å². The van der Waals surface area contributed by atoms with Crippen LogP contribution < -0.4 is 0 Å². The smallest absolute Gasteiger partial charge is 0.303 e. The van der Waals surface area contributed by atoms with Gasteiger partial charge in [-0.25, -0.2) is 0 Å². The van der Waals surface area contributed by atoms with Gasteiger partial charge in [-0.2, -0.15) is 0 Å². The molecule has 122 valence electrons. The van der Waals surface area contributed by atoms with Gasteiger partial charge >= 0.3 is 5.97 Å². The number of aromatic nitrogens is 1. The first-order valence-corrected chi connectivity index (χ1v) is 8.18. The minimum Gasteiger partial charge on any atom is -0.481 e. The third-order valence-corrected chi connectivity index (χ3v) is 4.65. The van der Waals surface area contributed by atoms with Gasteiger partial charge in [0.2, 0.25) is 5.91 Å². The molecule has 2 N–H and O–H groups in total. The van der Waals surface area contributed by atoms with Gasteiger partial charge in [0.05, 0.1) is 6.42 Å². The van der Waals surface area contributed by atoms with E-state index < -0.39 is 5.97 Å². The summed E-state index contributed by atoms with van der Waals surface area (Å²) in [7, 11) is 0. The largest absolute Gasteiger partial charge is 0.481 e. The summed E-state index contributed by atoms with van der Waals surface area (Å²) < 4.78 is 0. The van der Waals surface area contributed by atoms with Crippen LogP contribution in [0.2, 0.25) is 0 Å². The van der Waals surface area contributed by atoms with Gasteiger partial charge in [-0.05, 0) is 36.8 Å². The molecule has 0 saturated carbocycles. The Morgan fingerprint density at radius 1 is 1.30 bits per heavy atom. The number of hydrogen-bond acceptors (Lipinski definition) is 2. The number of amides is 1. The van der Waals surface area contributed by atoms with Crippen LogP contribution >= 0.6 is 0 Å². The highest BCUT2D eigenvalue weighted by atomic mass is 16.4. The number of piperidine rings is 1. The Hall–Kier alpha value is -2.30. The molecule has 5 heteroatoms. The summed E-state index contributed by atoms with van der Waals surface area (Å²) in [5.74, 6) is -0.311. The van der Waals surface area contributed by atoms with E-state index in [2.05, 4.69) is 4.98 Å². The van der Waals surface area contributed by atoms with Crippen LogP contribution in [0.3, 0.4) is 0 Å². The van der Waals surface area contributed by atoms with E-state index in [9.17, 15) is 9.59 Å². The molecular formula is C18H22N2O3. The molecule has 1 atom stereocenters. The van der Waals surface area contributed by atoms with Crippen molar-refractivity contribution in [3.63, 3.8) is 0 Å². The van der Waals surface area contributed by atoms with E-state index in [-0.39, 0.29) is 12.3 Å². The second-order valence-electron chi connectivity index (χ2n) is 6.32. The van der Waals surface area contributed by atoms with Gasteiger partial charge < -0.3 is 15.0 Å². The molecule has 0 spiro atoms. The first-order valence-electron chi connectivity index (χ1n) is 8.18. The average molecular weight is 314 g/mol. The number of fused-ring (bicyclic) bond motifs is 1. The van der Waals surface area contributed by atoms with E-state index in [1.165, 1.54) is 0 Å². The molecular weight excluding hydrogens is 292 g/mol. The number of nitrogens with one attached hydrogen (secondary N) is 1. The fraction of sp³-hybridized carbons (Fsp3) is 0.444. The number of carboxylic acids is 1. The number of hydrogen-bond donors (Lipinski definition) is 2. The SMILES string of the molecule is O=C(O)CC[C@@H]1CCCN(C(=O)Cc2c[nH]c3ccccc23)C1. The molecule has 1 aromatic heterocycles. The number of nitrogens with zero attached hydrogens (tertiary/aromatic N) is 1. The first kappa shape index (κ1) is 15.6. The van der Waals surface area contributed by atoms with Crippen LogP contribution in [0, 0.1) is 5.92 Å². The Balaban J connectivity index is 1.62. The molecule has 23 heavy (non-hydrogen) atoms. The normalized spacial score (nSPS) is 18.3. The Bertz CT molecular complexity index is 707. The van der Waals surface area contributed by atoms with Crippen molar-refractivity contribution in [2.24, 2.45) is 5.92 Å². The number of rotatable bonds is 5. The van der Waals surface area contributed by atoms with Crippen LogP contribution in [0.1, 0.15) is 31.2 Å². The second-order valence-corrected chi connectivity index (χ2v) is 6.32. The average Bonchev–Trinajstić information content (AvgIpc) is 2.96. The molecule has 1 aromatic carbocycles. The number of benzene rings is 1. The lowest BCUT2D eigenvalue weighted by molar-refractivity contribution is -0.137. The van der Waals surface area contributed by atoms with Crippen LogP contribution in [0.5, 0.6) is 0 Å². The third-order valence-electron chi connectivity index (χ3n) is 4.65. The Kier molecular flexibility index (Phi) is 4.65. The van der Waals surface area contributed by atoms with Crippen molar-refractivity contribution in [2.45, 2.75) is 32.1 Å². The first-order chi connectivity index (χ1) is 11.1. The van der Waals surface area contributed by atoms with Crippen LogP contribution in [-0.2, 0) is 16.0 Å². The number of carbonyl (C=O) groups excluding carboxylic acids is 1. The molecule has 1 aliphatic heterocycles. The van der Waals surface area contributed by atoms with E-state index in [0.717, 1.165) is 35.9 Å². The predicted octanol–water partition coefficient (Wildman–Crippen LogP) is 2.81. The minimum absolute atomic E-state index is 0.134. The molecule has 3 rings (SSSR count). The molecule has 0 bridgehead atoms. The maximum atomic E-state index is 12.6. The van der Waals surface area contributed by atoms with Crippen molar-refractivity contribution in [1.29, 1.82) is 0 Å². The lowest BCUT2D eigenvalue weighted by Gasteiger charge is -2.32. The maximum absolute atomic E-state index is 12.6. The lowest BCUT2D eigenvalue weighted by atomic mass is 9.93. The minimum atomic E-state index is -0.757. The second kappa shape index (κ2) is 6.86. The predicted molar refractivity (Wildman–Crippen MR) is 88.2 cm³/mol. The quantitative estimate of drug-likeness (QED) is 0.891. The molecule has 0 radical (unpaired) electrons. The molecule has 1 saturated heterocycles. The highest BCUT2D eigenvalue weighted by Gasteiger charge is 2.24. The van der Waals surface area contributed by atoms with Crippen molar-refractivity contribution >= 4 is 22.8 Å². The number of likely N-dealkylation sites (tertiary alicyclic amines) is 1. The van der Waals surface area contributed by atoms with E-state index in [1.54, 1.807) is 0 Å². The summed E-state index contributed by atoms with van der Waals surface area (Å²) in [4.78, 5) is 28.4. The van der Waals surface area contributed by atoms with Crippen molar-refractivity contribution < 1.29 is 14.7 Å². The molecule has 0 unspecified atom stereocenters. The highest BCUT2D eigenvalue weighted by molar-refractivity contribution is 5.88. The fourth-order valence-electron chi connectivity index (χ4n) is 3.41. The van der Waals surface area contributed by atoms with Crippen molar-refractivity contribution in [1.82, 2.24) is 9.88 Å². The number of carbonyl (C=O) groups is 2. The number of H-pyrrole nitrogens is 1. The van der Waals surface area contributed by atoms with Crippen molar-refractivity contribution in [2.75, 3.05) is 13.1 Å². The highest BCUT2D eigenvalue weighted by Crippen LogP contribution is 2.23. The Labute approximate surface area is 135 Å². The molecule has 1 amide bonds. The summed E-state index contributed by atoms with van der Waals surface area (Å²) in [5, 5.41) is 9.90. The number of para-hydroxylation sites is 1. The Morgan fingerprint density at radius 2 is 2.13 bits per heavy atom. The standard InChI is InChI=1S/C18H22N2O3/c21-17(10-14-11-19-16-6-2-1-5-15(14)16)20-9-3-4-13(12-20)7-8-18(22)23/h1-2,5-6,11,13,19H,3-4,7-10,12H2,(H,22,23)/t13-/m0/s1. The summed E-state index contributed by atoms with van der Waals surface area (Å²) in [6, 6.07) is 7.99. The molecule has 1 fully saturated rings. The monoisotopic (exact) mass is 314 g/mol. The van der Waals surface area contributed by atoms with Crippen molar-refractivity contribution in [3.8, 4) is 0 Å². The van der Waals surface area contributed by atoms with Crippen LogP contribution in [-0.4, -0.2) is 40.0 Å². The van der Waals surface area contributed by atoms with Gasteiger partial charge in [0.15, 0.2) is 0 Å². The summed E-state index contributed by atoms with van der Waals surface area (Å²) >= 11 is 0. The fourth-order valence-corrected chi connectivity index (χ4v) is 3.41. The maximum Gasteiger partial charge on any atom is 0.303 e. The Morgan fingerprint density at radius 3 is 2.96 bits per heavy atom.